The van der Waals surface area contributed by atoms with Crippen molar-refractivity contribution in [1.82, 2.24) is 4.98 Å². The second kappa shape index (κ2) is 7.13. The van der Waals surface area contributed by atoms with Crippen molar-refractivity contribution in [2.24, 2.45) is 0 Å². The van der Waals surface area contributed by atoms with Crippen molar-refractivity contribution in [2.75, 3.05) is 5.32 Å². The molecule has 1 heterocycles. The predicted octanol–water partition coefficient (Wildman–Crippen LogP) is 4.13. The molecule has 1 aliphatic carbocycles. The number of fused-ring (bicyclic) bond motifs is 1. The predicted molar refractivity (Wildman–Crippen MR) is 93.7 cm³/mol. The molecule has 2 aromatic rings. The quantitative estimate of drug-likeness (QED) is 0.855. The molecule has 120 valence electrons. The monoisotopic (exact) mass is 374 g/mol. The number of carbonyl (C=O) groups is 1. The van der Waals surface area contributed by atoms with Crippen LogP contribution in [0.15, 0.2) is 41.0 Å². The van der Waals surface area contributed by atoms with Gasteiger partial charge in [0.05, 0.1) is 0 Å². The summed E-state index contributed by atoms with van der Waals surface area (Å²) >= 11 is 3.32. The van der Waals surface area contributed by atoms with E-state index in [0.717, 1.165) is 23.1 Å². The minimum Gasteiger partial charge on any atom is -0.481 e. The first-order valence-electron chi connectivity index (χ1n) is 7.86. The van der Waals surface area contributed by atoms with Gasteiger partial charge < -0.3 is 10.1 Å². The summed E-state index contributed by atoms with van der Waals surface area (Å²) in [5.74, 6) is 1.11. The number of hydrogen-bond donors (Lipinski definition) is 1. The third kappa shape index (κ3) is 3.91. The van der Waals surface area contributed by atoms with Gasteiger partial charge in [0.25, 0.3) is 5.91 Å². The van der Waals surface area contributed by atoms with Crippen molar-refractivity contribution >= 4 is 27.7 Å². The van der Waals surface area contributed by atoms with E-state index in [2.05, 4.69) is 38.4 Å². The largest absolute Gasteiger partial charge is 0.481 e. The number of aryl methyl sites for hydroxylation is 2. The van der Waals surface area contributed by atoms with Crippen molar-refractivity contribution in [3.8, 4) is 5.75 Å². The number of rotatable bonds is 5. The molecular weight excluding hydrogens is 356 g/mol. The molecule has 3 rings (SSSR count). The van der Waals surface area contributed by atoms with Crippen molar-refractivity contribution < 1.29 is 9.53 Å². The summed E-state index contributed by atoms with van der Waals surface area (Å²) in [5, 5.41) is 2.80. The number of halogens is 1. The number of anilines is 1. The Bertz CT molecular complexity index is 701. The highest BCUT2D eigenvalue weighted by Gasteiger charge is 2.20. The van der Waals surface area contributed by atoms with Crippen LogP contribution >= 0.6 is 15.9 Å². The standard InChI is InChI=1S/C18H19BrN2O2/c1-2-16(18(22)21-17-9-7-14(19)11-20-17)23-15-8-6-12-4-3-5-13(12)10-15/h6-11,16H,2-5H2,1H3,(H,20,21,22). The molecule has 1 atom stereocenters. The van der Waals surface area contributed by atoms with Gasteiger partial charge >= 0.3 is 0 Å². The maximum absolute atomic E-state index is 12.4. The molecule has 0 saturated carbocycles. The average molecular weight is 375 g/mol. The van der Waals surface area contributed by atoms with E-state index < -0.39 is 6.10 Å². The summed E-state index contributed by atoms with van der Waals surface area (Å²) < 4.78 is 6.77. The first kappa shape index (κ1) is 16.0. The number of carbonyl (C=O) groups excluding carboxylic acids is 1. The molecule has 1 aromatic carbocycles. The van der Waals surface area contributed by atoms with E-state index in [9.17, 15) is 4.79 Å². The fourth-order valence-corrected chi connectivity index (χ4v) is 3.00. The van der Waals surface area contributed by atoms with Crippen molar-refractivity contribution in [3.05, 3.63) is 52.1 Å². The van der Waals surface area contributed by atoms with E-state index in [4.69, 9.17) is 4.74 Å². The van der Waals surface area contributed by atoms with Gasteiger partial charge in [-0.3, -0.25) is 4.79 Å². The van der Waals surface area contributed by atoms with E-state index in [0.29, 0.717) is 12.2 Å². The molecule has 5 heteroatoms. The van der Waals surface area contributed by atoms with E-state index >= 15 is 0 Å². The van der Waals surface area contributed by atoms with Gasteiger partial charge in [-0.1, -0.05) is 13.0 Å². The smallest absolute Gasteiger partial charge is 0.266 e. The zero-order valence-corrected chi connectivity index (χ0v) is 14.6. The Morgan fingerprint density at radius 1 is 1.30 bits per heavy atom. The molecule has 0 fully saturated rings. The number of nitrogens with one attached hydrogen (secondary N) is 1. The molecule has 1 N–H and O–H groups in total. The van der Waals surface area contributed by atoms with Crippen LogP contribution in [0.1, 0.15) is 30.9 Å². The highest BCUT2D eigenvalue weighted by molar-refractivity contribution is 9.10. The molecule has 1 aliphatic rings. The van der Waals surface area contributed by atoms with Crippen LogP contribution in [-0.2, 0) is 17.6 Å². The molecule has 1 amide bonds. The van der Waals surface area contributed by atoms with E-state index in [1.54, 1.807) is 12.3 Å². The van der Waals surface area contributed by atoms with Crippen LogP contribution in [0, 0.1) is 0 Å². The molecule has 0 saturated heterocycles. The van der Waals surface area contributed by atoms with Crippen LogP contribution in [0.3, 0.4) is 0 Å². The van der Waals surface area contributed by atoms with Gasteiger partial charge in [0, 0.05) is 10.7 Å². The van der Waals surface area contributed by atoms with Gasteiger partial charge in [0.15, 0.2) is 6.10 Å². The van der Waals surface area contributed by atoms with Crippen molar-refractivity contribution in [2.45, 2.75) is 38.7 Å². The van der Waals surface area contributed by atoms with E-state index in [-0.39, 0.29) is 5.91 Å². The number of aromatic nitrogens is 1. The van der Waals surface area contributed by atoms with E-state index in [1.165, 1.54) is 17.5 Å². The molecule has 0 radical (unpaired) electrons. The third-order valence-corrected chi connectivity index (χ3v) is 4.46. The van der Waals surface area contributed by atoms with Crippen LogP contribution in [0.4, 0.5) is 5.82 Å². The van der Waals surface area contributed by atoms with Gasteiger partial charge in [-0.25, -0.2) is 4.98 Å². The Hall–Kier alpha value is -1.88. The molecule has 1 unspecified atom stereocenters. The van der Waals surface area contributed by atoms with E-state index in [1.807, 2.05) is 19.1 Å². The van der Waals surface area contributed by atoms with Gasteiger partial charge in [-0.2, -0.15) is 0 Å². The summed E-state index contributed by atoms with van der Waals surface area (Å²) in [5.41, 5.74) is 2.74. The van der Waals surface area contributed by atoms with Crippen LogP contribution in [0.25, 0.3) is 0 Å². The maximum atomic E-state index is 12.4. The second-order valence-electron chi connectivity index (χ2n) is 5.65. The third-order valence-electron chi connectivity index (χ3n) is 3.99. The molecule has 0 spiro atoms. The summed E-state index contributed by atoms with van der Waals surface area (Å²) in [6.07, 6.45) is 5.16. The number of pyridine rings is 1. The minimum atomic E-state index is -0.528. The number of benzene rings is 1. The zero-order valence-electron chi connectivity index (χ0n) is 13.0. The van der Waals surface area contributed by atoms with Crippen LogP contribution in [-0.4, -0.2) is 17.0 Å². The molecule has 0 aliphatic heterocycles. The lowest BCUT2D eigenvalue weighted by Crippen LogP contribution is -2.32. The van der Waals surface area contributed by atoms with Gasteiger partial charge in [0.2, 0.25) is 0 Å². The Morgan fingerprint density at radius 2 is 2.13 bits per heavy atom. The Morgan fingerprint density at radius 3 is 2.87 bits per heavy atom. The number of amides is 1. The molecule has 23 heavy (non-hydrogen) atoms. The fraction of sp³-hybridized carbons (Fsp3) is 0.333. The van der Waals surface area contributed by atoms with Crippen LogP contribution in [0.2, 0.25) is 0 Å². The van der Waals surface area contributed by atoms with Crippen molar-refractivity contribution in [1.29, 1.82) is 0 Å². The Labute approximate surface area is 144 Å². The normalized spacial score (nSPS) is 14.2. The van der Waals surface area contributed by atoms with Crippen molar-refractivity contribution in [3.63, 3.8) is 0 Å². The highest BCUT2D eigenvalue weighted by Crippen LogP contribution is 2.27. The van der Waals surface area contributed by atoms with Gasteiger partial charge in [-0.05, 0) is 77.0 Å². The minimum absolute atomic E-state index is 0.178. The first-order valence-corrected chi connectivity index (χ1v) is 8.66. The lowest BCUT2D eigenvalue weighted by atomic mass is 10.1. The second-order valence-corrected chi connectivity index (χ2v) is 6.57. The first-order chi connectivity index (χ1) is 11.2. The number of ether oxygens (including phenoxy) is 1. The van der Waals surface area contributed by atoms with Crippen LogP contribution < -0.4 is 10.1 Å². The van der Waals surface area contributed by atoms with Gasteiger partial charge in [0.1, 0.15) is 11.6 Å². The SMILES string of the molecule is CCC(Oc1ccc2c(c1)CCC2)C(=O)Nc1ccc(Br)cn1. The Balaban J connectivity index is 1.67. The molecule has 1 aromatic heterocycles. The van der Waals surface area contributed by atoms with Crippen LogP contribution in [0.5, 0.6) is 5.75 Å². The average Bonchev–Trinajstić information content (AvgIpc) is 3.02. The highest BCUT2D eigenvalue weighted by atomic mass is 79.9. The van der Waals surface area contributed by atoms with Gasteiger partial charge in [-0.15, -0.1) is 0 Å². The maximum Gasteiger partial charge on any atom is 0.266 e. The summed E-state index contributed by atoms with van der Waals surface area (Å²) in [6.45, 7) is 1.94. The molecule has 0 bridgehead atoms. The number of nitrogens with zero attached hydrogens (tertiary/aromatic N) is 1. The summed E-state index contributed by atoms with van der Waals surface area (Å²) in [6, 6.07) is 9.72. The zero-order chi connectivity index (χ0) is 16.2. The lowest BCUT2D eigenvalue weighted by molar-refractivity contribution is -0.122. The fourth-order valence-electron chi connectivity index (χ4n) is 2.76. The molecular formula is C18H19BrN2O2. The Kier molecular flexibility index (Phi) is 4.96. The summed E-state index contributed by atoms with van der Waals surface area (Å²) in [4.78, 5) is 16.5. The molecule has 4 nitrogen and oxygen atoms in total. The number of hydrogen-bond acceptors (Lipinski definition) is 3. The summed E-state index contributed by atoms with van der Waals surface area (Å²) in [7, 11) is 0. The lowest BCUT2D eigenvalue weighted by Gasteiger charge is -2.17. The topological polar surface area (TPSA) is 51.2 Å².